The number of piperazine rings is 1. The molecule has 3 rings (SSSR count). The van der Waals surface area contributed by atoms with Crippen LogP contribution >= 0.6 is 11.3 Å². The SMILES string of the molecule is Cc1c(C(=O)NCCCN2CCN(C(=O)OC(C)(C)C)CC2)sc2ccccc12. The Balaban J connectivity index is 1.38. The van der Waals surface area contributed by atoms with Crippen molar-refractivity contribution in [1.29, 1.82) is 0 Å². The molecule has 0 bridgehead atoms. The number of hydrogen-bond acceptors (Lipinski definition) is 5. The molecule has 0 spiro atoms. The van der Waals surface area contributed by atoms with Gasteiger partial charge in [0.05, 0.1) is 4.88 Å². The number of aryl methyl sites for hydroxylation is 1. The lowest BCUT2D eigenvalue weighted by Gasteiger charge is -2.35. The van der Waals surface area contributed by atoms with Gasteiger partial charge in [0.2, 0.25) is 0 Å². The number of nitrogens with one attached hydrogen (secondary N) is 1. The summed E-state index contributed by atoms with van der Waals surface area (Å²) in [5.41, 5.74) is 0.598. The molecule has 0 saturated carbocycles. The number of thiophene rings is 1. The van der Waals surface area contributed by atoms with E-state index in [0.717, 1.165) is 46.6 Å². The summed E-state index contributed by atoms with van der Waals surface area (Å²) in [6.45, 7) is 12.3. The van der Waals surface area contributed by atoms with E-state index in [2.05, 4.69) is 22.3 Å². The molecule has 1 saturated heterocycles. The van der Waals surface area contributed by atoms with Gasteiger partial charge < -0.3 is 15.0 Å². The standard InChI is InChI=1S/C22H31N3O3S/c1-16-17-8-5-6-9-18(17)29-19(16)20(26)23-10-7-11-24-12-14-25(15-13-24)21(27)28-22(2,3)4/h5-6,8-9H,7,10-15H2,1-4H3,(H,23,26). The molecular weight excluding hydrogens is 386 g/mol. The lowest BCUT2D eigenvalue weighted by molar-refractivity contribution is 0.0144. The number of rotatable bonds is 5. The summed E-state index contributed by atoms with van der Waals surface area (Å²) in [5, 5.41) is 4.21. The maximum absolute atomic E-state index is 12.5. The lowest BCUT2D eigenvalue weighted by atomic mass is 10.1. The van der Waals surface area contributed by atoms with E-state index in [4.69, 9.17) is 4.74 Å². The predicted octanol–water partition coefficient (Wildman–Crippen LogP) is 3.88. The van der Waals surface area contributed by atoms with Gasteiger partial charge in [-0.25, -0.2) is 4.79 Å². The van der Waals surface area contributed by atoms with Crippen molar-refractivity contribution in [3.63, 3.8) is 0 Å². The van der Waals surface area contributed by atoms with Crippen LogP contribution in [0.2, 0.25) is 0 Å². The first-order valence-electron chi connectivity index (χ1n) is 10.2. The summed E-state index contributed by atoms with van der Waals surface area (Å²) in [4.78, 5) is 29.6. The zero-order chi connectivity index (χ0) is 21.0. The van der Waals surface area contributed by atoms with E-state index in [1.807, 2.05) is 39.8 Å². The van der Waals surface area contributed by atoms with E-state index in [1.54, 1.807) is 16.2 Å². The molecule has 1 aliphatic heterocycles. The summed E-state index contributed by atoms with van der Waals surface area (Å²) in [5.74, 6) is 0.0124. The van der Waals surface area contributed by atoms with Gasteiger partial charge in [-0.05, 0) is 57.7 Å². The molecular formula is C22H31N3O3S. The zero-order valence-corrected chi connectivity index (χ0v) is 18.6. The van der Waals surface area contributed by atoms with Crippen molar-refractivity contribution in [1.82, 2.24) is 15.1 Å². The Morgan fingerprint density at radius 1 is 1.14 bits per heavy atom. The summed E-state index contributed by atoms with van der Waals surface area (Å²) < 4.78 is 6.58. The average Bonchev–Trinajstić information content (AvgIpc) is 3.01. The van der Waals surface area contributed by atoms with E-state index in [0.29, 0.717) is 19.6 Å². The largest absolute Gasteiger partial charge is 0.444 e. The Morgan fingerprint density at radius 2 is 1.83 bits per heavy atom. The van der Waals surface area contributed by atoms with Gasteiger partial charge in [0, 0.05) is 37.4 Å². The van der Waals surface area contributed by atoms with Crippen LogP contribution in [-0.2, 0) is 4.74 Å². The van der Waals surface area contributed by atoms with Crippen LogP contribution in [0, 0.1) is 6.92 Å². The van der Waals surface area contributed by atoms with Crippen molar-refractivity contribution in [2.75, 3.05) is 39.3 Å². The molecule has 1 N–H and O–H groups in total. The first kappa shape index (κ1) is 21.6. The second-order valence-corrected chi connectivity index (χ2v) is 9.52. The third-order valence-electron chi connectivity index (χ3n) is 5.01. The molecule has 1 aliphatic rings. The van der Waals surface area contributed by atoms with Crippen LogP contribution in [0.15, 0.2) is 24.3 Å². The minimum atomic E-state index is -0.459. The highest BCUT2D eigenvalue weighted by Crippen LogP contribution is 2.30. The summed E-state index contributed by atoms with van der Waals surface area (Å²) >= 11 is 1.55. The fourth-order valence-corrected chi connectivity index (χ4v) is 4.58. The number of benzene rings is 1. The zero-order valence-electron chi connectivity index (χ0n) is 17.8. The van der Waals surface area contributed by atoms with Crippen molar-refractivity contribution in [2.24, 2.45) is 0 Å². The smallest absolute Gasteiger partial charge is 0.410 e. The molecule has 2 amide bonds. The van der Waals surface area contributed by atoms with Crippen molar-refractivity contribution in [2.45, 2.75) is 39.7 Å². The van der Waals surface area contributed by atoms with Crippen LogP contribution in [0.3, 0.4) is 0 Å². The van der Waals surface area contributed by atoms with Gasteiger partial charge in [-0.1, -0.05) is 18.2 Å². The van der Waals surface area contributed by atoms with Crippen molar-refractivity contribution in [3.8, 4) is 0 Å². The van der Waals surface area contributed by atoms with Gasteiger partial charge in [-0.15, -0.1) is 11.3 Å². The number of ether oxygens (including phenoxy) is 1. The first-order valence-corrected chi connectivity index (χ1v) is 11.0. The monoisotopic (exact) mass is 417 g/mol. The molecule has 2 aromatic rings. The van der Waals surface area contributed by atoms with Crippen LogP contribution in [0.25, 0.3) is 10.1 Å². The number of carbonyl (C=O) groups excluding carboxylic acids is 2. The van der Waals surface area contributed by atoms with Crippen molar-refractivity contribution in [3.05, 3.63) is 34.7 Å². The highest BCUT2D eigenvalue weighted by molar-refractivity contribution is 7.21. The summed E-state index contributed by atoms with van der Waals surface area (Å²) in [6.07, 6.45) is 0.658. The second kappa shape index (κ2) is 9.13. The van der Waals surface area contributed by atoms with Gasteiger partial charge in [0.25, 0.3) is 5.91 Å². The number of carbonyl (C=O) groups is 2. The van der Waals surface area contributed by atoms with E-state index in [1.165, 1.54) is 0 Å². The first-order chi connectivity index (χ1) is 13.7. The second-order valence-electron chi connectivity index (χ2n) is 8.47. The maximum Gasteiger partial charge on any atom is 0.410 e. The Labute approximate surface area is 176 Å². The minimum Gasteiger partial charge on any atom is -0.444 e. The molecule has 2 heterocycles. The molecule has 0 unspecified atom stereocenters. The highest BCUT2D eigenvalue weighted by Gasteiger charge is 2.25. The third-order valence-corrected chi connectivity index (χ3v) is 6.28. The number of amides is 2. The van der Waals surface area contributed by atoms with Crippen molar-refractivity contribution < 1.29 is 14.3 Å². The Morgan fingerprint density at radius 3 is 2.48 bits per heavy atom. The van der Waals surface area contributed by atoms with Gasteiger partial charge >= 0.3 is 6.09 Å². The lowest BCUT2D eigenvalue weighted by Crippen LogP contribution is -2.50. The molecule has 0 aliphatic carbocycles. The molecule has 0 radical (unpaired) electrons. The highest BCUT2D eigenvalue weighted by atomic mass is 32.1. The molecule has 29 heavy (non-hydrogen) atoms. The van der Waals surface area contributed by atoms with Crippen LogP contribution in [0.1, 0.15) is 42.4 Å². The molecule has 6 nitrogen and oxygen atoms in total. The molecule has 7 heteroatoms. The predicted molar refractivity (Wildman–Crippen MR) is 118 cm³/mol. The van der Waals surface area contributed by atoms with Gasteiger partial charge in [0.1, 0.15) is 5.60 Å². The number of nitrogens with zero attached hydrogens (tertiary/aromatic N) is 2. The van der Waals surface area contributed by atoms with Crippen LogP contribution in [-0.4, -0.2) is 66.7 Å². The fraction of sp³-hybridized carbons (Fsp3) is 0.545. The molecule has 158 valence electrons. The summed E-state index contributed by atoms with van der Waals surface area (Å²) in [6, 6.07) is 8.13. The third kappa shape index (κ3) is 5.70. The average molecular weight is 418 g/mol. The van der Waals surface area contributed by atoms with Crippen LogP contribution < -0.4 is 5.32 Å². The van der Waals surface area contributed by atoms with Crippen LogP contribution in [0.4, 0.5) is 4.79 Å². The quantitative estimate of drug-likeness (QED) is 0.750. The van der Waals surface area contributed by atoms with E-state index in [9.17, 15) is 9.59 Å². The van der Waals surface area contributed by atoms with E-state index < -0.39 is 5.60 Å². The minimum absolute atomic E-state index is 0.0124. The van der Waals surface area contributed by atoms with E-state index >= 15 is 0 Å². The normalized spacial score (nSPS) is 15.5. The molecule has 1 aromatic heterocycles. The number of hydrogen-bond donors (Lipinski definition) is 1. The maximum atomic E-state index is 12.5. The van der Waals surface area contributed by atoms with Crippen LogP contribution in [0.5, 0.6) is 0 Å². The van der Waals surface area contributed by atoms with E-state index in [-0.39, 0.29) is 12.0 Å². The Bertz CT molecular complexity index is 864. The topological polar surface area (TPSA) is 61.9 Å². The summed E-state index contributed by atoms with van der Waals surface area (Å²) in [7, 11) is 0. The fourth-order valence-electron chi connectivity index (χ4n) is 3.46. The van der Waals surface area contributed by atoms with Gasteiger partial charge in [0.15, 0.2) is 0 Å². The molecule has 0 atom stereocenters. The van der Waals surface area contributed by atoms with Gasteiger partial charge in [-0.2, -0.15) is 0 Å². The Hall–Kier alpha value is -2.12. The molecule has 1 fully saturated rings. The van der Waals surface area contributed by atoms with Gasteiger partial charge in [-0.3, -0.25) is 9.69 Å². The Kier molecular flexibility index (Phi) is 6.80. The van der Waals surface area contributed by atoms with Crippen molar-refractivity contribution >= 4 is 33.4 Å². The number of fused-ring (bicyclic) bond motifs is 1. The molecule has 1 aromatic carbocycles.